The second-order valence-corrected chi connectivity index (χ2v) is 35.5. The fourth-order valence-corrected chi connectivity index (χ4v) is 15.4. The van der Waals surface area contributed by atoms with E-state index in [4.69, 9.17) is 37.0 Å². The van der Waals surface area contributed by atoms with E-state index < -0.39 is 97.5 Å². The van der Waals surface area contributed by atoms with E-state index in [0.29, 0.717) is 31.6 Å². The largest absolute Gasteiger partial charge is 0.472 e. The predicted molar refractivity (Wildman–Crippen MR) is 442 cm³/mol. The van der Waals surface area contributed by atoms with Gasteiger partial charge in [-0.3, -0.25) is 37.3 Å². The lowest BCUT2D eigenvalue weighted by Gasteiger charge is -2.21. The number of carbonyl (C=O) groups is 4. The molecule has 0 bridgehead atoms. The number of aliphatic hydroxyl groups excluding tert-OH is 1. The smallest absolute Gasteiger partial charge is 0.462 e. The van der Waals surface area contributed by atoms with Crippen molar-refractivity contribution in [3.63, 3.8) is 0 Å². The Bertz CT molecular complexity index is 2050. The minimum Gasteiger partial charge on any atom is -0.462 e. The Morgan fingerprint density at radius 3 is 0.636 bits per heavy atom. The Morgan fingerprint density at radius 1 is 0.252 bits per heavy atom. The summed E-state index contributed by atoms with van der Waals surface area (Å²) in [5, 5.41) is 10.7. The highest BCUT2D eigenvalue weighted by atomic mass is 31.2. The number of ether oxygens (including phenoxy) is 4. The zero-order valence-corrected chi connectivity index (χ0v) is 72.2. The van der Waals surface area contributed by atoms with Gasteiger partial charge in [-0.25, -0.2) is 9.13 Å². The monoisotopic (exact) mass is 1560 g/mol. The first kappa shape index (κ1) is 105. The number of hydrogen-bond donors (Lipinski definition) is 3. The van der Waals surface area contributed by atoms with Gasteiger partial charge in [0.1, 0.15) is 19.3 Å². The van der Waals surface area contributed by atoms with E-state index in [2.05, 4.69) is 41.5 Å². The molecule has 0 amide bonds. The van der Waals surface area contributed by atoms with Crippen LogP contribution in [0.1, 0.15) is 472 Å². The lowest BCUT2D eigenvalue weighted by atomic mass is 10.0. The average molecular weight is 1560 g/mol. The lowest BCUT2D eigenvalue weighted by molar-refractivity contribution is -0.161. The van der Waals surface area contributed by atoms with Crippen molar-refractivity contribution >= 4 is 39.5 Å². The molecule has 19 heteroatoms. The predicted octanol–water partition coefficient (Wildman–Crippen LogP) is 27.0. The standard InChI is InChI=1S/C88H172O17P2/c1-7-9-11-13-15-17-19-21-23-25-27-28-30-32-36-40-44-48-52-60-66-72-87(92)104-83(76-98-85(90)70-64-58-51-47-43-39-35-31-29-26-24-22-20-18-16-14-12-10-8-2)78-102-106(94,95)100-74-82(89)75-101-107(96,97)103-79-84(77-99-86(91)71-65-59-55-54-57-63-69-81(5)6)105-88(93)73-67-61-53-49-45-41-37-33-34-38-42-46-50-56-62-68-80(3)4/h80-84,89H,7-79H2,1-6H3,(H,94,95)(H,96,97)/t82-,83-,84-/m1/s1. The minimum atomic E-state index is -4.97. The number of hydrogen-bond acceptors (Lipinski definition) is 15. The molecule has 0 aromatic carbocycles. The van der Waals surface area contributed by atoms with Gasteiger partial charge in [-0.15, -0.1) is 0 Å². The van der Waals surface area contributed by atoms with Gasteiger partial charge in [0.15, 0.2) is 12.2 Å². The highest BCUT2D eigenvalue weighted by Gasteiger charge is 2.30. The van der Waals surface area contributed by atoms with Crippen LogP contribution in [-0.4, -0.2) is 96.7 Å². The second kappa shape index (κ2) is 79.3. The van der Waals surface area contributed by atoms with Crippen LogP contribution in [0.5, 0.6) is 0 Å². The van der Waals surface area contributed by atoms with Crippen LogP contribution >= 0.6 is 15.6 Å². The van der Waals surface area contributed by atoms with Crippen LogP contribution in [0.4, 0.5) is 0 Å². The molecule has 3 N–H and O–H groups in total. The van der Waals surface area contributed by atoms with Crippen LogP contribution in [0.3, 0.4) is 0 Å². The van der Waals surface area contributed by atoms with Gasteiger partial charge in [-0.2, -0.15) is 0 Å². The van der Waals surface area contributed by atoms with Gasteiger partial charge in [0.05, 0.1) is 26.4 Å². The third-order valence-electron chi connectivity index (χ3n) is 20.7. The summed E-state index contributed by atoms with van der Waals surface area (Å²) < 4.78 is 68.9. The van der Waals surface area contributed by atoms with E-state index in [1.807, 2.05) is 0 Å². The van der Waals surface area contributed by atoms with Gasteiger partial charge < -0.3 is 33.8 Å². The summed E-state index contributed by atoms with van der Waals surface area (Å²) in [6, 6.07) is 0. The van der Waals surface area contributed by atoms with E-state index in [9.17, 15) is 43.2 Å². The molecule has 0 aliphatic rings. The summed E-state index contributed by atoms with van der Waals surface area (Å²) in [5.41, 5.74) is 0. The molecular weight excluding hydrogens is 1390 g/mol. The number of esters is 4. The van der Waals surface area contributed by atoms with E-state index in [1.54, 1.807) is 0 Å². The summed E-state index contributed by atoms with van der Waals surface area (Å²) in [6.07, 6.45) is 72.5. The Hall–Kier alpha value is -1.94. The van der Waals surface area contributed by atoms with Gasteiger partial charge in [0.25, 0.3) is 0 Å². The molecular formula is C88H172O17P2. The number of unbranched alkanes of at least 4 members (excludes halogenated alkanes) is 57. The zero-order chi connectivity index (χ0) is 78.5. The topological polar surface area (TPSA) is 237 Å². The number of aliphatic hydroxyl groups is 1. The first-order valence-electron chi connectivity index (χ1n) is 45.5. The Balaban J connectivity index is 5.20. The van der Waals surface area contributed by atoms with Crippen molar-refractivity contribution in [1.29, 1.82) is 0 Å². The summed E-state index contributed by atoms with van der Waals surface area (Å²) in [4.78, 5) is 73.2. The maximum atomic E-state index is 13.2. The fraction of sp³-hybridized carbons (Fsp3) is 0.955. The van der Waals surface area contributed by atoms with Crippen molar-refractivity contribution in [3.05, 3.63) is 0 Å². The molecule has 0 aliphatic carbocycles. The molecule has 0 saturated heterocycles. The maximum absolute atomic E-state index is 13.2. The van der Waals surface area contributed by atoms with Gasteiger partial charge >= 0.3 is 39.5 Å². The molecule has 0 saturated carbocycles. The summed E-state index contributed by atoms with van der Waals surface area (Å²) >= 11 is 0. The molecule has 5 atom stereocenters. The van der Waals surface area contributed by atoms with Crippen molar-refractivity contribution in [1.82, 2.24) is 0 Å². The van der Waals surface area contributed by atoms with Crippen LogP contribution in [0.15, 0.2) is 0 Å². The van der Waals surface area contributed by atoms with Gasteiger partial charge in [-0.1, -0.05) is 420 Å². The molecule has 2 unspecified atom stereocenters. The summed E-state index contributed by atoms with van der Waals surface area (Å²) in [6.45, 7) is 9.62. The van der Waals surface area contributed by atoms with Crippen LogP contribution in [-0.2, 0) is 65.4 Å². The Morgan fingerprint density at radius 2 is 0.430 bits per heavy atom. The summed E-state index contributed by atoms with van der Waals surface area (Å²) in [7, 11) is -9.93. The molecule has 0 heterocycles. The normalized spacial score (nSPS) is 13.8. The SMILES string of the molecule is CCCCCCCCCCCCCCCCCCCCCCCC(=O)O[C@H](COC(=O)CCCCCCCCCCCCCCCCCCCCC)COP(=O)(O)OC[C@@H](O)COP(=O)(O)OC[C@@H](COC(=O)CCCCCCCCC(C)C)OC(=O)CCCCCCCCCCCCCCCCCC(C)C. The second-order valence-electron chi connectivity index (χ2n) is 32.6. The number of phosphoric ester groups is 2. The average Bonchev–Trinajstić information content (AvgIpc) is 0.924. The molecule has 17 nitrogen and oxygen atoms in total. The highest BCUT2D eigenvalue weighted by Crippen LogP contribution is 2.45. The van der Waals surface area contributed by atoms with E-state index in [1.165, 1.54) is 283 Å². The van der Waals surface area contributed by atoms with Gasteiger partial charge in [0, 0.05) is 25.7 Å². The maximum Gasteiger partial charge on any atom is 0.472 e. The van der Waals surface area contributed by atoms with Gasteiger partial charge in [0.2, 0.25) is 0 Å². The number of rotatable bonds is 87. The number of carbonyl (C=O) groups excluding carboxylic acids is 4. The fourth-order valence-electron chi connectivity index (χ4n) is 13.8. The molecule has 0 aromatic rings. The highest BCUT2D eigenvalue weighted by molar-refractivity contribution is 7.47. The van der Waals surface area contributed by atoms with Crippen molar-refractivity contribution in [3.8, 4) is 0 Å². The zero-order valence-electron chi connectivity index (χ0n) is 70.5. The van der Waals surface area contributed by atoms with Crippen molar-refractivity contribution in [2.75, 3.05) is 39.6 Å². The van der Waals surface area contributed by atoms with Gasteiger partial charge in [-0.05, 0) is 37.5 Å². The van der Waals surface area contributed by atoms with Crippen molar-refractivity contribution in [2.45, 2.75) is 490 Å². The molecule has 0 radical (unpaired) electrons. The van der Waals surface area contributed by atoms with Crippen LogP contribution < -0.4 is 0 Å². The van der Waals surface area contributed by atoms with Crippen LogP contribution in [0.2, 0.25) is 0 Å². The van der Waals surface area contributed by atoms with Crippen LogP contribution in [0.25, 0.3) is 0 Å². The molecule has 636 valence electrons. The summed E-state index contributed by atoms with van der Waals surface area (Å²) in [5.74, 6) is -0.621. The number of phosphoric acid groups is 2. The van der Waals surface area contributed by atoms with Crippen molar-refractivity contribution in [2.24, 2.45) is 11.8 Å². The molecule has 107 heavy (non-hydrogen) atoms. The molecule has 0 aliphatic heterocycles. The first-order valence-corrected chi connectivity index (χ1v) is 48.5. The van der Waals surface area contributed by atoms with E-state index >= 15 is 0 Å². The molecule has 0 fully saturated rings. The Kier molecular flexibility index (Phi) is 77.9. The molecule has 0 rings (SSSR count). The quantitative estimate of drug-likeness (QED) is 0.0222. The lowest BCUT2D eigenvalue weighted by Crippen LogP contribution is -2.30. The third kappa shape index (κ3) is 81.9. The first-order chi connectivity index (χ1) is 51.9. The Labute approximate surface area is 658 Å². The molecule has 0 spiro atoms. The van der Waals surface area contributed by atoms with Crippen LogP contribution in [0, 0.1) is 11.8 Å². The van der Waals surface area contributed by atoms with Crippen molar-refractivity contribution < 1.29 is 80.2 Å². The third-order valence-corrected chi connectivity index (χ3v) is 22.6. The molecule has 0 aromatic heterocycles. The van der Waals surface area contributed by atoms with E-state index in [0.717, 1.165) is 102 Å². The van der Waals surface area contributed by atoms with E-state index in [-0.39, 0.29) is 25.7 Å². The minimum absolute atomic E-state index is 0.107.